The fraction of sp³-hybridized carbons (Fsp3) is 0.0714. The van der Waals surface area contributed by atoms with Crippen molar-refractivity contribution in [2.24, 2.45) is 0 Å². The molecule has 0 saturated heterocycles. The highest BCUT2D eigenvalue weighted by Gasteiger charge is 2.12. The highest BCUT2D eigenvalue weighted by molar-refractivity contribution is 9.10. The van der Waals surface area contributed by atoms with Gasteiger partial charge in [0.2, 0.25) is 0 Å². The molecule has 2 aromatic rings. The summed E-state index contributed by atoms with van der Waals surface area (Å²) in [6.45, 7) is 0. The van der Waals surface area contributed by atoms with Gasteiger partial charge in [0.15, 0.2) is 0 Å². The van der Waals surface area contributed by atoms with E-state index in [1.165, 1.54) is 0 Å². The Morgan fingerprint density at radius 2 is 2.00 bits per heavy atom. The number of benzene rings is 2. The third kappa shape index (κ3) is 3.06. The maximum absolute atomic E-state index is 12.1. The Morgan fingerprint density at radius 3 is 2.74 bits per heavy atom. The number of nitrogens with one attached hydrogen (secondary N) is 1. The van der Waals surface area contributed by atoms with E-state index in [2.05, 4.69) is 21.2 Å². The Labute approximate surface area is 119 Å². The standard InChI is InChI=1S/C14H13BrN2O2/c1-19-10-5-2-4-9(8-10)17-14(18)11-6-3-7-12(16)13(11)15/h2-8H,16H2,1H3,(H,17,18). The van der Waals surface area contributed by atoms with Gasteiger partial charge in [-0.05, 0) is 40.2 Å². The minimum absolute atomic E-state index is 0.229. The third-order valence-electron chi connectivity index (χ3n) is 2.60. The summed E-state index contributed by atoms with van der Waals surface area (Å²) < 4.78 is 5.70. The van der Waals surface area contributed by atoms with E-state index >= 15 is 0 Å². The molecular weight excluding hydrogens is 308 g/mol. The van der Waals surface area contributed by atoms with Gasteiger partial charge in [-0.3, -0.25) is 4.79 Å². The van der Waals surface area contributed by atoms with E-state index in [-0.39, 0.29) is 5.91 Å². The molecule has 0 aromatic heterocycles. The van der Waals surface area contributed by atoms with E-state index < -0.39 is 0 Å². The number of hydrogen-bond acceptors (Lipinski definition) is 3. The molecule has 0 aliphatic carbocycles. The molecule has 5 heteroatoms. The first-order valence-electron chi connectivity index (χ1n) is 5.61. The lowest BCUT2D eigenvalue weighted by Crippen LogP contribution is -2.13. The maximum Gasteiger partial charge on any atom is 0.256 e. The van der Waals surface area contributed by atoms with Crippen LogP contribution in [0.3, 0.4) is 0 Å². The Hall–Kier alpha value is -2.01. The first-order chi connectivity index (χ1) is 9.11. The lowest BCUT2D eigenvalue weighted by Gasteiger charge is -2.09. The summed E-state index contributed by atoms with van der Waals surface area (Å²) in [4.78, 5) is 12.1. The van der Waals surface area contributed by atoms with Gasteiger partial charge in [-0.2, -0.15) is 0 Å². The van der Waals surface area contributed by atoms with Crippen molar-refractivity contribution in [1.29, 1.82) is 0 Å². The predicted molar refractivity (Wildman–Crippen MR) is 79.5 cm³/mol. The van der Waals surface area contributed by atoms with Gasteiger partial charge in [0.05, 0.1) is 17.1 Å². The van der Waals surface area contributed by atoms with E-state index in [9.17, 15) is 4.79 Å². The summed E-state index contributed by atoms with van der Waals surface area (Å²) in [6, 6.07) is 12.3. The molecule has 0 aliphatic rings. The highest BCUT2D eigenvalue weighted by atomic mass is 79.9. The molecule has 0 saturated carbocycles. The fourth-order valence-electron chi connectivity index (χ4n) is 1.62. The fourth-order valence-corrected chi connectivity index (χ4v) is 2.07. The van der Waals surface area contributed by atoms with Crippen molar-refractivity contribution < 1.29 is 9.53 Å². The van der Waals surface area contributed by atoms with Gasteiger partial charge in [0.1, 0.15) is 5.75 Å². The van der Waals surface area contributed by atoms with Crippen LogP contribution in [0.5, 0.6) is 5.75 Å². The maximum atomic E-state index is 12.1. The number of anilines is 2. The Bertz CT molecular complexity index is 614. The van der Waals surface area contributed by atoms with Gasteiger partial charge < -0.3 is 15.8 Å². The molecule has 0 aliphatic heterocycles. The largest absolute Gasteiger partial charge is 0.497 e. The molecule has 0 radical (unpaired) electrons. The lowest BCUT2D eigenvalue weighted by molar-refractivity contribution is 0.102. The normalized spacial score (nSPS) is 10.0. The third-order valence-corrected chi connectivity index (χ3v) is 3.49. The van der Waals surface area contributed by atoms with Crippen LogP contribution in [-0.4, -0.2) is 13.0 Å². The Kier molecular flexibility index (Phi) is 4.06. The van der Waals surface area contributed by atoms with Gasteiger partial charge in [-0.1, -0.05) is 12.1 Å². The number of carbonyl (C=O) groups is 1. The zero-order chi connectivity index (χ0) is 13.8. The SMILES string of the molecule is COc1cccc(NC(=O)c2cccc(N)c2Br)c1. The van der Waals surface area contributed by atoms with E-state index in [1.807, 2.05) is 12.1 Å². The zero-order valence-corrected chi connectivity index (χ0v) is 11.9. The van der Waals surface area contributed by atoms with Crippen molar-refractivity contribution in [2.45, 2.75) is 0 Å². The number of methoxy groups -OCH3 is 1. The second-order valence-corrected chi connectivity index (χ2v) is 4.69. The van der Waals surface area contributed by atoms with Gasteiger partial charge in [0.25, 0.3) is 5.91 Å². The van der Waals surface area contributed by atoms with Crippen LogP contribution in [0.15, 0.2) is 46.9 Å². The van der Waals surface area contributed by atoms with Crippen LogP contribution in [0, 0.1) is 0 Å². The number of rotatable bonds is 3. The van der Waals surface area contributed by atoms with Crippen molar-refractivity contribution in [3.05, 3.63) is 52.5 Å². The van der Waals surface area contributed by atoms with Crippen LogP contribution in [0.2, 0.25) is 0 Å². The molecule has 0 spiro atoms. The van der Waals surface area contributed by atoms with Crippen LogP contribution >= 0.6 is 15.9 Å². The van der Waals surface area contributed by atoms with Crippen molar-refractivity contribution in [2.75, 3.05) is 18.2 Å². The molecule has 0 bridgehead atoms. The van der Waals surface area contributed by atoms with Crippen molar-refractivity contribution in [1.82, 2.24) is 0 Å². The van der Waals surface area contributed by atoms with Crippen LogP contribution < -0.4 is 15.8 Å². The predicted octanol–water partition coefficient (Wildman–Crippen LogP) is 3.29. The van der Waals surface area contributed by atoms with Crippen LogP contribution in [-0.2, 0) is 0 Å². The second-order valence-electron chi connectivity index (χ2n) is 3.89. The van der Waals surface area contributed by atoms with E-state index in [4.69, 9.17) is 10.5 Å². The number of ether oxygens (including phenoxy) is 1. The van der Waals surface area contributed by atoms with Crippen LogP contribution in [0.4, 0.5) is 11.4 Å². The Morgan fingerprint density at radius 1 is 1.26 bits per heavy atom. The number of carbonyl (C=O) groups excluding carboxylic acids is 1. The number of amides is 1. The van der Waals surface area contributed by atoms with Gasteiger partial charge in [-0.15, -0.1) is 0 Å². The van der Waals surface area contributed by atoms with E-state index in [0.717, 1.165) is 0 Å². The summed E-state index contributed by atoms with van der Waals surface area (Å²) >= 11 is 3.31. The molecule has 2 aromatic carbocycles. The van der Waals surface area contributed by atoms with Gasteiger partial charge in [-0.25, -0.2) is 0 Å². The Balaban J connectivity index is 2.23. The first-order valence-corrected chi connectivity index (χ1v) is 6.40. The minimum atomic E-state index is -0.229. The molecule has 0 unspecified atom stereocenters. The van der Waals surface area contributed by atoms with Crippen molar-refractivity contribution in [3.8, 4) is 5.75 Å². The molecule has 0 heterocycles. The summed E-state index contributed by atoms with van der Waals surface area (Å²) in [7, 11) is 1.58. The molecule has 4 nitrogen and oxygen atoms in total. The molecule has 19 heavy (non-hydrogen) atoms. The topological polar surface area (TPSA) is 64.3 Å². The van der Waals surface area contributed by atoms with Crippen LogP contribution in [0.1, 0.15) is 10.4 Å². The molecule has 3 N–H and O–H groups in total. The molecular formula is C14H13BrN2O2. The van der Waals surface area contributed by atoms with Crippen molar-refractivity contribution >= 4 is 33.2 Å². The number of nitrogens with two attached hydrogens (primary N) is 1. The molecule has 0 fully saturated rings. The zero-order valence-electron chi connectivity index (χ0n) is 10.3. The summed E-state index contributed by atoms with van der Waals surface area (Å²) in [5.74, 6) is 0.455. The number of nitrogen functional groups attached to an aromatic ring is 1. The molecule has 1 amide bonds. The average molecular weight is 321 g/mol. The molecule has 98 valence electrons. The van der Waals surface area contributed by atoms with Gasteiger partial charge >= 0.3 is 0 Å². The van der Waals surface area contributed by atoms with Gasteiger partial charge in [0, 0.05) is 17.4 Å². The summed E-state index contributed by atoms with van der Waals surface area (Å²) in [6.07, 6.45) is 0. The number of halogens is 1. The minimum Gasteiger partial charge on any atom is -0.497 e. The number of hydrogen-bond donors (Lipinski definition) is 2. The van der Waals surface area contributed by atoms with Crippen LogP contribution in [0.25, 0.3) is 0 Å². The quantitative estimate of drug-likeness (QED) is 0.853. The smallest absolute Gasteiger partial charge is 0.256 e. The highest BCUT2D eigenvalue weighted by Crippen LogP contribution is 2.25. The van der Waals surface area contributed by atoms with E-state index in [0.29, 0.717) is 27.2 Å². The lowest BCUT2D eigenvalue weighted by atomic mass is 10.2. The molecule has 2 rings (SSSR count). The molecule has 0 atom stereocenters. The van der Waals surface area contributed by atoms with E-state index in [1.54, 1.807) is 37.4 Å². The monoisotopic (exact) mass is 320 g/mol. The summed E-state index contributed by atoms with van der Waals surface area (Å²) in [5, 5.41) is 2.80. The second kappa shape index (κ2) is 5.75. The van der Waals surface area contributed by atoms with Crippen molar-refractivity contribution in [3.63, 3.8) is 0 Å². The summed E-state index contributed by atoms with van der Waals surface area (Å²) in [5.41, 5.74) is 7.43. The first kappa shape index (κ1) is 13.4. The average Bonchev–Trinajstić information content (AvgIpc) is 2.42.